The maximum Gasteiger partial charge on any atom is 0.0254 e. The van der Waals surface area contributed by atoms with Crippen molar-refractivity contribution in [3.8, 4) is 0 Å². The zero-order valence-electron chi connectivity index (χ0n) is 13.2. The van der Waals surface area contributed by atoms with E-state index in [4.69, 9.17) is 0 Å². The van der Waals surface area contributed by atoms with Crippen LogP contribution in [0, 0.1) is 5.92 Å². The molecule has 0 bridgehead atoms. The molecule has 108 valence electrons. The molecule has 18 heavy (non-hydrogen) atoms. The average Bonchev–Trinajstić information content (AvgIpc) is 2.34. The van der Waals surface area contributed by atoms with Crippen molar-refractivity contribution in [2.45, 2.75) is 84.8 Å². The standard InChI is InChI=1S/C16H34N2/c1-6-10-17-15-9-8-14(5)12-16(15)18(11-7-2)13(3)4/h13-17H,6-12H2,1-5H3. The van der Waals surface area contributed by atoms with Gasteiger partial charge in [0.15, 0.2) is 0 Å². The molecule has 0 aliphatic heterocycles. The lowest BCUT2D eigenvalue weighted by Crippen LogP contribution is -2.55. The first kappa shape index (κ1) is 16.0. The molecule has 0 aromatic rings. The molecule has 1 rings (SSSR count). The summed E-state index contributed by atoms with van der Waals surface area (Å²) in [7, 11) is 0. The second kappa shape index (κ2) is 8.16. The fraction of sp³-hybridized carbons (Fsp3) is 1.00. The van der Waals surface area contributed by atoms with Crippen molar-refractivity contribution >= 4 is 0 Å². The molecule has 1 aliphatic rings. The summed E-state index contributed by atoms with van der Waals surface area (Å²) < 4.78 is 0. The number of rotatable bonds is 7. The monoisotopic (exact) mass is 254 g/mol. The number of hydrogen-bond acceptors (Lipinski definition) is 2. The van der Waals surface area contributed by atoms with E-state index in [9.17, 15) is 0 Å². The van der Waals surface area contributed by atoms with E-state index >= 15 is 0 Å². The van der Waals surface area contributed by atoms with Crippen molar-refractivity contribution in [3.63, 3.8) is 0 Å². The Labute approximate surface area is 115 Å². The third-order valence-electron chi connectivity index (χ3n) is 4.31. The van der Waals surface area contributed by atoms with Crippen LogP contribution >= 0.6 is 0 Å². The van der Waals surface area contributed by atoms with E-state index in [-0.39, 0.29) is 0 Å². The van der Waals surface area contributed by atoms with Crippen LogP contribution in [0.3, 0.4) is 0 Å². The molecular formula is C16H34N2. The lowest BCUT2D eigenvalue weighted by Gasteiger charge is -2.44. The van der Waals surface area contributed by atoms with Gasteiger partial charge in [0, 0.05) is 18.1 Å². The minimum atomic E-state index is 0.672. The van der Waals surface area contributed by atoms with Crippen molar-refractivity contribution in [3.05, 3.63) is 0 Å². The van der Waals surface area contributed by atoms with E-state index in [1.807, 2.05) is 0 Å². The molecule has 0 heterocycles. The quantitative estimate of drug-likeness (QED) is 0.746. The fourth-order valence-electron chi connectivity index (χ4n) is 3.35. The van der Waals surface area contributed by atoms with Crippen LogP contribution in [0.4, 0.5) is 0 Å². The van der Waals surface area contributed by atoms with Gasteiger partial charge in [-0.3, -0.25) is 4.90 Å². The molecular weight excluding hydrogens is 220 g/mol. The minimum absolute atomic E-state index is 0.672. The fourth-order valence-corrected chi connectivity index (χ4v) is 3.35. The lowest BCUT2D eigenvalue weighted by molar-refractivity contribution is 0.0748. The Balaban J connectivity index is 2.68. The van der Waals surface area contributed by atoms with Crippen LogP contribution in [0.2, 0.25) is 0 Å². The Kier molecular flexibility index (Phi) is 7.25. The summed E-state index contributed by atoms with van der Waals surface area (Å²) in [6.07, 6.45) is 6.64. The molecule has 1 N–H and O–H groups in total. The molecule has 0 saturated heterocycles. The molecule has 2 heteroatoms. The zero-order valence-corrected chi connectivity index (χ0v) is 13.2. The molecule has 1 fully saturated rings. The van der Waals surface area contributed by atoms with Gasteiger partial charge in [-0.1, -0.05) is 20.8 Å². The second-order valence-corrected chi connectivity index (χ2v) is 6.38. The third-order valence-corrected chi connectivity index (χ3v) is 4.31. The van der Waals surface area contributed by atoms with Crippen LogP contribution in [0.25, 0.3) is 0 Å². The van der Waals surface area contributed by atoms with Crippen molar-refractivity contribution < 1.29 is 0 Å². The number of nitrogens with zero attached hydrogens (tertiary/aromatic N) is 1. The predicted octanol–water partition coefficient (Wildman–Crippen LogP) is 3.66. The van der Waals surface area contributed by atoms with Gasteiger partial charge < -0.3 is 5.32 Å². The van der Waals surface area contributed by atoms with Crippen LogP contribution in [-0.2, 0) is 0 Å². The highest BCUT2D eigenvalue weighted by Crippen LogP contribution is 2.29. The molecule has 1 aliphatic carbocycles. The summed E-state index contributed by atoms with van der Waals surface area (Å²) in [6, 6.07) is 2.14. The van der Waals surface area contributed by atoms with Crippen LogP contribution in [0.5, 0.6) is 0 Å². The topological polar surface area (TPSA) is 15.3 Å². The maximum absolute atomic E-state index is 3.79. The van der Waals surface area contributed by atoms with Gasteiger partial charge in [0.2, 0.25) is 0 Å². The number of nitrogens with one attached hydrogen (secondary N) is 1. The van der Waals surface area contributed by atoms with Gasteiger partial charge in [-0.2, -0.15) is 0 Å². The maximum atomic E-state index is 3.79. The molecule has 0 spiro atoms. The summed E-state index contributed by atoms with van der Waals surface area (Å²) in [5.41, 5.74) is 0. The van der Waals surface area contributed by atoms with Gasteiger partial charge in [-0.05, 0) is 65.0 Å². The normalized spacial score (nSPS) is 29.2. The molecule has 0 amide bonds. The summed E-state index contributed by atoms with van der Waals surface area (Å²) in [5.74, 6) is 0.896. The van der Waals surface area contributed by atoms with Crippen molar-refractivity contribution in [1.29, 1.82) is 0 Å². The van der Waals surface area contributed by atoms with Crippen LogP contribution in [-0.4, -0.2) is 36.1 Å². The first-order valence-corrected chi connectivity index (χ1v) is 8.09. The van der Waals surface area contributed by atoms with Crippen molar-refractivity contribution in [1.82, 2.24) is 10.2 Å². The van der Waals surface area contributed by atoms with Crippen LogP contribution in [0.1, 0.15) is 66.7 Å². The van der Waals surface area contributed by atoms with Crippen molar-refractivity contribution in [2.75, 3.05) is 13.1 Å². The molecule has 0 radical (unpaired) electrons. The van der Waals surface area contributed by atoms with Gasteiger partial charge >= 0.3 is 0 Å². The summed E-state index contributed by atoms with van der Waals surface area (Å²) in [4.78, 5) is 2.74. The van der Waals surface area contributed by atoms with Gasteiger partial charge in [-0.25, -0.2) is 0 Å². The van der Waals surface area contributed by atoms with Gasteiger partial charge in [0.25, 0.3) is 0 Å². The van der Waals surface area contributed by atoms with E-state index < -0.39 is 0 Å². The number of hydrogen-bond donors (Lipinski definition) is 1. The van der Waals surface area contributed by atoms with E-state index in [2.05, 4.69) is 44.8 Å². The predicted molar refractivity (Wildman–Crippen MR) is 81.0 cm³/mol. The summed E-state index contributed by atoms with van der Waals surface area (Å²) in [5, 5.41) is 3.79. The Bertz CT molecular complexity index is 213. The molecule has 0 aromatic carbocycles. The van der Waals surface area contributed by atoms with E-state index in [0.29, 0.717) is 6.04 Å². The molecule has 1 saturated carbocycles. The zero-order chi connectivity index (χ0) is 13.5. The first-order valence-electron chi connectivity index (χ1n) is 8.09. The first-order chi connectivity index (χ1) is 8.60. The van der Waals surface area contributed by atoms with E-state index in [1.54, 1.807) is 0 Å². The highest BCUT2D eigenvalue weighted by molar-refractivity contribution is 4.91. The molecule has 3 atom stereocenters. The average molecular weight is 254 g/mol. The van der Waals surface area contributed by atoms with Gasteiger partial charge in [0.1, 0.15) is 0 Å². The Morgan fingerprint density at radius 2 is 1.89 bits per heavy atom. The summed E-state index contributed by atoms with van der Waals surface area (Å²) >= 11 is 0. The highest BCUT2D eigenvalue weighted by Gasteiger charge is 2.33. The Morgan fingerprint density at radius 3 is 2.44 bits per heavy atom. The molecule has 0 aromatic heterocycles. The smallest absolute Gasteiger partial charge is 0.0254 e. The van der Waals surface area contributed by atoms with Gasteiger partial charge in [0.05, 0.1) is 0 Å². The van der Waals surface area contributed by atoms with Crippen LogP contribution in [0.15, 0.2) is 0 Å². The molecule has 2 nitrogen and oxygen atoms in total. The highest BCUT2D eigenvalue weighted by atomic mass is 15.2. The van der Waals surface area contributed by atoms with E-state index in [1.165, 1.54) is 45.2 Å². The van der Waals surface area contributed by atoms with E-state index in [0.717, 1.165) is 18.0 Å². The third kappa shape index (κ3) is 4.55. The SMILES string of the molecule is CCCNC1CCC(C)CC1N(CCC)C(C)C. The minimum Gasteiger partial charge on any atom is -0.312 e. The Morgan fingerprint density at radius 1 is 1.17 bits per heavy atom. The van der Waals surface area contributed by atoms with Crippen LogP contribution < -0.4 is 5.32 Å². The Hall–Kier alpha value is -0.0800. The largest absolute Gasteiger partial charge is 0.312 e. The lowest BCUT2D eigenvalue weighted by atomic mass is 9.82. The summed E-state index contributed by atoms with van der Waals surface area (Å²) in [6.45, 7) is 14.1. The molecule has 3 unspecified atom stereocenters. The van der Waals surface area contributed by atoms with Crippen molar-refractivity contribution in [2.24, 2.45) is 5.92 Å². The second-order valence-electron chi connectivity index (χ2n) is 6.38. The van der Waals surface area contributed by atoms with Gasteiger partial charge in [-0.15, -0.1) is 0 Å².